The molecule has 0 aliphatic rings. The molecule has 19 heavy (non-hydrogen) atoms. The van der Waals surface area contributed by atoms with Gasteiger partial charge >= 0.3 is 0 Å². The largest absolute Gasteiger partial charge is 0.292 e. The first-order valence-corrected chi connectivity index (χ1v) is 6.73. The van der Waals surface area contributed by atoms with Gasteiger partial charge in [0.05, 0.1) is 12.4 Å². The Morgan fingerprint density at radius 1 is 1.26 bits per heavy atom. The predicted octanol–water partition coefficient (Wildman–Crippen LogP) is -1.60. The van der Waals surface area contributed by atoms with E-state index in [1.165, 1.54) is 18.7 Å². The van der Waals surface area contributed by atoms with Crippen LogP contribution in [0, 0.1) is 0 Å². The molecule has 0 spiro atoms. The van der Waals surface area contributed by atoms with Crippen LogP contribution in [0.5, 0.6) is 0 Å². The molecule has 102 valence electrons. The first kappa shape index (κ1) is 13.3. The minimum Gasteiger partial charge on any atom is -0.292 e. The maximum absolute atomic E-state index is 11.9. The molecule has 0 aliphatic carbocycles. The van der Waals surface area contributed by atoms with E-state index in [1.54, 1.807) is 0 Å². The zero-order valence-electron chi connectivity index (χ0n) is 9.74. The van der Waals surface area contributed by atoms with Gasteiger partial charge in [-0.15, -0.1) is 0 Å². The molecular weight excluding hydrogens is 272 g/mol. The zero-order valence-corrected chi connectivity index (χ0v) is 10.6. The number of rotatable bonds is 6. The first-order valence-electron chi connectivity index (χ1n) is 5.24. The van der Waals surface area contributed by atoms with Gasteiger partial charge < -0.3 is 0 Å². The molecule has 2 rings (SSSR count). The van der Waals surface area contributed by atoms with Crippen molar-refractivity contribution in [1.82, 2.24) is 29.9 Å². The number of hydrazine groups is 1. The Labute approximate surface area is 108 Å². The minimum atomic E-state index is -3.64. The number of hydrogen-bond acceptors (Lipinski definition) is 8. The third kappa shape index (κ3) is 3.43. The van der Waals surface area contributed by atoms with Gasteiger partial charge in [-0.1, -0.05) is 0 Å². The van der Waals surface area contributed by atoms with Crippen LogP contribution in [0.1, 0.15) is 5.82 Å². The molecule has 0 atom stereocenters. The van der Waals surface area contributed by atoms with Crippen LogP contribution in [0.15, 0.2) is 23.6 Å². The molecule has 0 aliphatic heterocycles. The highest BCUT2D eigenvalue weighted by atomic mass is 32.2. The van der Waals surface area contributed by atoms with Gasteiger partial charge in [-0.05, 0) is 0 Å². The summed E-state index contributed by atoms with van der Waals surface area (Å²) in [5.41, 5.74) is 2.21. The lowest BCUT2D eigenvalue weighted by Crippen LogP contribution is -2.26. The third-order valence-electron chi connectivity index (χ3n) is 2.19. The molecule has 0 radical (unpaired) electrons. The second kappa shape index (κ2) is 5.69. The van der Waals surface area contributed by atoms with E-state index in [0.717, 1.165) is 0 Å². The molecule has 2 heterocycles. The van der Waals surface area contributed by atoms with E-state index in [0.29, 0.717) is 12.2 Å². The second-order valence-electron chi connectivity index (χ2n) is 3.47. The van der Waals surface area contributed by atoms with Crippen molar-refractivity contribution in [2.24, 2.45) is 5.84 Å². The predicted molar refractivity (Wildman–Crippen MR) is 65.1 cm³/mol. The number of anilines is 1. The van der Waals surface area contributed by atoms with Crippen molar-refractivity contribution in [2.45, 2.75) is 11.3 Å². The fraction of sp³-hybridized carbons (Fsp3) is 0.250. The van der Waals surface area contributed by atoms with Gasteiger partial charge in [0.15, 0.2) is 0 Å². The fourth-order valence-corrected chi connectivity index (χ4v) is 2.19. The number of nitrogens with one attached hydrogen (secondary N) is 3. The molecule has 0 aromatic carbocycles. The average Bonchev–Trinajstić information content (AvgIpc) is 2.92. The molecule has 0 fully saturated rings. The van der Waals surface area contributed by atoms with Crippen LogP contribution in [0.25, 0.3) is 0 Å². The van der Waals surface area contributed by atoms with Crippen molar-refractivity contribution < 1.29 is 8.42 Å². The maximum atomic E-state index is 11.9. The van der Waals surface area contributed by atoms with Crippen LogP contribution in [-0.2, 0) is 16.4 Å². The van der Waals surface area contributed by atoms with E-state index in [1.807, 2.05) is 0 Å². The highest BCUT2D eigenvalue weighted by molar-refractivity contribution is 7.89. The van der Waals surface area contributed by atoms with Gasteiger partial charge in [0.2, 0.25) is 16.0 Å². The SMILES string of the molecule is NNc1ncc(S(=O)(=O)NCCc2ncn[nH]2)cn1. The normalized spacial score (nSPS) is 11.4. The zero-order chi connectivity index (χ0) is 13.7. The van der Waals surface area contributed by atoms with Crippen molar-refractivity contribution in [3.8, 4) is 0 Å². The Morgan fingerprint density at radius 2 is 2.00 bits per heavy atom. The number of nitrogens with zero attached hydrogens (tertiary/aromatic N) is 4. The van der Waals surface area contributed by atoms with Crippen molar-refractivity contribution in [3.63, 3.8) is 0 Å². The van der Waals surface area contributed by atoms with Crippen LogP contribution in [0.4, 0.5) is 5.95 Å². The Bertz CT molecular complexity index is 609. The lowest BCUT2D eigenvalue weighted by atomic mass is 10.4. The standard InChI is InChI=1S/C8H12N8O2S/c9-15-8-10-3-6(4-11-8)19(17,18)14-2-1-7-12-5-13-16-7/h3-5,14H,1-2,9H2,(H,10,11,15)(H,12,13,16). The molecule has 2 aromatic rings. The molecule has 2 aromatic heterocycles. The topological polar surface area (TPSA) is 152 Å². The molecular formula is C8H12N8O2S. The Kier molecular flexibility index (Phi) is 3.99. The number of sulfonamides is 1. The van der Waals surface area contributed by atoms with Gasteiger partial charge in [-0.25, -0.2) is 33.9 Å². The lowest BCUT2D eigenvalue weighted by molar-refractivity contribution is 0.580. The smallest absolute Gasteiger partial charge is 0.243 e. The van der Waals surface area contributed by atoms with Gasteiger partial charge in [-0.2, -0.15) is 5.10 Å². The number of H-pyrrole nitrogens is 1. The van der Waals surface area contributed by atoms with E-state index in [9.17, 15) is 8.42 Å². The summed E-state index contributed by atoms with van der Waals surface area (Å²) in [6.45, 7) is 0.189. The minimum absolute atomic E-state index is 0.0379. The Hall–Kier alpha value is -2.11. The maximum Gasteiger partial charge on any atom is 0.243 e. The highest BCUT2D eigenvalue weighted by Crippen LogP contribution is 2.06. The number of nitrogens with two attached hydrogens (primary N) is 1. The van der Waals surface area contributed by atoms with E-state index < -0.39 is 10.0 Å². The monoisotopic (exact) mass is 284 g/mol. The van der Waals surface area contributed by atoms with Crippen LogP contribution in [0.2, 0.25) is 0 Å². The number of nitrogen functional groups attached to an aromatic ring is 1. The quantitative estimate of drug-likeness (QED) is 0.365. The van der Waals surface area contributed by atoms with Gasteiger partial charge in [0, 0.05) is 13.0 Å². The Balaban J connectivity index is 1.97. The summed E-state index contributed by atoms with van der Waals surface area (Å²) in [7, 11) is -3.64. The molecule has 0 amide bonds. The highest BCUT2D eigenvalue weighted by Gasteiger charge is 2.14. The van der Waals surface area contributed by atoms with Crippen molar-refractivity contribution in [1.29, 1.82) is 0 Å². The van der Waals surface area contributed by atoms with Gasteiger partial charge in [-0.3, -0.25) is 10.5 Å². The summed E-state index contributed by atoms with van der Waals surface area (Å²) >= 11 is 0. The van der Waals surface area contributed by atoms with Crippen molar-refractivity contribution >= 4 is 16.0 Å². The number of hydrogen-bond donors (Lipinski definition) is 4. The van der Waals surface area contributed by atoms with Crippen LogP contribution < -0.4 is 16.0 Å². The fourth-order valence-electron chi connectivity index (χ4n) is 1.27. The number of aromatic amines is 1. The van der Waals surface area contributed by atoms with E-state index >= 15 is 0 Å². The molecule has 10 nitrogen and oxygen atoms in total. The molecule has 5 N–H and O–H groups in total. The summed E-state index contributed by atoms with van der Waals surface area (Å²) in [5.74, 6) is 5.83. The summed E-state index contributed by atoms with van der Waals surface area (Å²) in [6, 6.07) is 0. The molecule has 0 unspecified atom stereocenters. The summed E-state index contributed by atoms with van der Waals surface area (Å²) in [5, 5.41) is 6.30. The van der Waals surface area contributed by atoms with E-state index in [4.69, 9.17) is 5.84 Å². The Morgan fingerprint density at radius 3 is 2.58 bits per heavy atom. The molecule has 0 bridgehead atoms. The molecule has 11 heteroatoms. The van der Waals surface area contributed by atoms with Crippen molar-refractivity contribution in [3.05, 3.63) is 24.5 Å². The number of aromatic nitrogens is 5. The first-order chi connectivity index (χ1) is 9.12. The van der Waals surface area contributed by atoms with E-state index in [2.05, 4.69) is 35.3 Å². The van der Waals surface area contributed by atoms with Crippen LogP contribution >= 0.6 is 0 Å². The third-order valence-corrected chi connectivity index (χ3v) is 3.60. The van der Waals surface area contributed by atoms with Crippen LogP contribution in [-0.4, -0.2) is 40.1 Å². The summed E-state index contributed by atoms with van der Waals surface area (Å²) < 4.78 is 26.1. The molecule has 0 saturated carbocycles. The second-order valence-corrected chi connectivity index (χ2v) is 5.23. The summed E-state index contributed by atoms with van der Waals surface area (Å²) in [6.07, 6.45) is 4.09. The molecule has 0 saturated heterocycles. The van der Waals surface area contributed by atoms with Gasteiger partial charge in [0.25, 0.3) is 0 Å². The lowest BCUT2D eigenvalue weighted by Gasteiger charge is -2.05. The van der Waals surface area contributed by atoms with Crippen molar-refractivity contribution in [2.75, 3.05) is 12.0 Å². The summed E-state index contributed by atoms with van der Waals surface area (Å²) in [4.78, 5) is 11.3. The average molecular weight is 284 g/mol. The van der Waals surface area contributed by atoms with E-state index in [-0.39, 0.29) is 17.4 Å². The van der Waals surface area contributed by atoms with Crippen LogP contribution in [0.3, 0.4) is 0 Å². The van der Waals surface area contributed by atoms with Gasteiger partial charge in [0.1, 0.15) is 17.0 Å².